The summed E-state index contributed by atoms with van der Waals surface area (Å²) in [5.74, 6) is -0.144. The number of carbonyl (C=O) groups is 1. The number of halogens is 1. The Balaban J connectivity index is 1.75. The van der Waals surface area contributed by atoms with Crippen molar-refractivity contribution in [3.8, 4) is 0 Å². The number of aromatic nitrogens is 1. The minimum absolute atomic E-state index is 0.144. The first-order chi connectivity index (χ1) is 13.2. The molecule has 0 N–H and O–H groups in total. The zero-order valence-corrected chi connectivity index (χ0v) is 17.0. The van der Waals surface area contributed by atoms with Crippen LogP contribution >= 0.6 is 27.3 Å². The maximum absolute atomic E-state index is 12.7. The van der Waals surface area contributed by atoms with Crippen LogP contribution in [0.25, 0.3) is 21.0 Å². The molecule has 1 heterocycles. The molecular formula is C22H17BrN2OS. The molecule has 27 heavy (non-hydrogen) atoms. The third kappa shape index (κ3) is 3.66. The van der Waals surface area contributed by atoms with Gasteiger partial charge in [-0.25, -0.2) is 0 Å². The van der Waals surface area contributed by atoms with E-state index in [2.05, 4.69) is 39.6 Å². The Morgan fingerprint density at radius 2 is 1.96 bits per heavy atom. The monoisotopic (exact) mass is 436 g/mol. The molecule has 0 fully saturated rings. The Morgan fingerprint density at radius 1 is 1.15 bits per heavy atom. The number of rotatable bonds is 4. The lowest BCUT2D eigenvalue weighted by atomic mass is 10.0. The van der Waals surface area contributed by atoms with E-state index in [1.54, 1.807) is 0 Å². The Hall–Kier alpha value is -2.50. The van der Waals surface area contributed by atoms with Gasteiger partial charge in [-0.05, 0) is 34.5 Å². The number of amides is 1. The highest BCUT2D eigenvalue weighted by molar-refractivity contribution is 9.10. The lowest BCUT2D eigenvalue weighted by Gasteiger charge is -2.04. The van der Waals surface area contributed by atoms with Gasteiger partial charge >= 0.3 is 0 Å². The second-order valence-electron chi connectivity index (χ2n) is 6.22. The number of thiazole rings is 1. The van der Waals surface area contributed by atoms with Gasteiger partial charge in [0.1, 0.15) is 0 Å². The SMILES string of the molecule is C=CCn1c(=NC(=O)Cc2cccc3ccccc23)sc2cc(Br)ccc21. The average molecular weight is 437 g/mol. The summed E-state index contributed by atoms with van der Waals surface area (Å²) in [4.78, 5) is 17.8. The fraction of sp³-hybridized carbons (Fsp3) is 0.0909. The minimum Gasteiger partial charge on any atom is -0.313 e. The molecule has 0 saturated heterocycles. The largest absolute Gasteiger partial charge is 0.313 e. The molecule has 5 heteroatoms. The molecule has 0 aliphatic rings. The highest BCUT2D eigenvalue weighted by atomic mass is 79.9. The van der Waals surface area contributed by atoms with Gasteiger partial charge in [-0.15, -0.1) is 6.58 Å². The van der Waals surface area contributed by atoms with Gasteiger partial charge in [0.05, 0.1) is 16.6 Å². The first-order valence-electron chi connectivity index (χ1n) is 8.60. The van der Waals surface area contributed by atoms with Gasteiger partial charge in [0.15, 0.2) is 4.80 Å². The highest BCUT2D eigenvalue weighted by Crippen LogP contribution is 2.23. The lowest BCUT2D eigenvalue weighted by molar-refractivity contribution is -0.117. The topological polar surface area (TPSA) is 34.4 Å². The van der Waals surface area contributed by atoms with E-state index < -0.39 is 0 Å². The van der Waals surface area contributed by atoms with Crippen LogP contribution in [0.1, 0.15) is 5.56 Å². The molecule has 0 saturated carbocycles. The lowest BCUT2D eigenvalue weighted by Crippen LogP contribution is -2.17. The van der Waals surface area contributed by atoms with E-state index >= 15 is 0 Å². The van der Waals surface area contributed by atoms with Gasteiger partial charge in [0.2, 0.25) is 0 Å². The predicted octanol–water partition coefficient (Wildman–Crippen LogP) is 5.47. The Morgan fingerprint density at radius 3 is 2.81 bits per heavy atom. The van der Waals surface area contributed by atoms with Crippen molar-refractivity contribution in [2.45, 2.75) is 13.0 Å². The fourth-order valence-corrected chi connectivity index (χ4v) is 4.80. The first-order valence-corrected chi connectivity index (χ1v) is 10.2. The van der Waals surface area contributed by atoms with Crippen LogP contribution < -0.4 is 4.80 Å². The van der Waals surface area contributed by atoms with E-state index in [1.807, 2.05) is 59.2 Å². The maximum atomic E-state index is 12.7. The highest BCUT2D eigenvalue weighted by Gasteiger charge is 2.09. The molecule has 0 aliphatic carbocycles. The fourth-order valence-electron chi connectivity index (χ4n) is 3.19. The molecule has 0 spiro atoms. The van der Waals surface area contributed by atoms with Crippen LogP contribution in [0.2, 0.25) is 0 Å². The van der Waals surface area contributed by atoms with Crippen LogP contribution in [-0.4, -0.2) is 10.5 Å². The average Bonchev–Trinajstić information content (AvgIpc) is 2.98. The number of carbonyl (C=O) groups excluding carboxylic acids is 1. The number of fused-ring (bicyclic) bond motifs is 2. The summed E-state index contributed by atoms with van der Waals surface area (Å²) in [6.07, 6.45) is 2.11. The summed E-state index contributed by atoms with van der Waals surface area (Å²) in [6.45, 7) is 4.44. The zero-order valence-electron chi connectivity index (χ0n) is 14.6. The summed E-state index contributed by atoms with van der Waals surface area (Å²) in [5.41, 5.74) is 2.06. The molecule has 1 aromatic heterocycles. The van der Waals surface area contributed by atoms with Crippen molar-refractivity contribution >= 4 is 54.2 Å². The summed E-state index contributed by atoms with van der Waals surface area (Å²) in [5, 5.41) is 2.24. The van der Waals surface area contributed by atoms with Crippen molar-refractivity contribution in [3.63, 3.8) is 0 Å². The van der Waals surface area contributed by atoms with E-state index in [0.29, 0.717) is 11.3 Å². The van der Waals surface area contributed by atoms with Crippen molar-refractivity contribution in [3.05, 3.63) is 88.2 Å². The third-order valence-corrected chi connectivity index (χ3v) is 5.93. The van der Waals surface area contributed by atoms with Gasteiger partial charge in [-0.3, -0.25) is 4.79 Å². The summed E-state index contributed by atoms with van der Waals surface area (Å²) in [7, 11) is 0. The standard InChI is InChI=1S/C22H17BrN2OS/c1-2-12-25-19-11-10-17(23)14-20(19)27-22(25)24-21(26)13-16-8-5-7-15-6-3-4-9-18(15)16/h2-11,14H,1,12-13H2. The molecule has 134 valence electrons. The number of hydrogen-bond donors (Lipinski definition) is 0. The number of benzene rings is 3. The van der Waals surface area contributed by atoms with Crippen molar-refractivity contribution < 1.29 is 4.79 Å². The Kier molecular flexibility index (Phi) is 5.05. The normalized spacial score (nSPS) is 12.0. The molecular weight excluding hydrogens is 420 g/mol. The third-order valence-electron chi connectivity index (χ3n) is 4.40. The van der Waals surface area contributed by atoms with E-state index in [0.717, 1.165) is 31.0 Å². The van der Waals surface area contributed by atoms with Crippen LogP contribution in [0, 0.1) is 0 Å². The van der Waals surface area contributed by atoms with Crippen LogP contribution in [0.3, 0.4) is 0 Å². The van der Waals surface area contributed by atoms with Gasteiger partial charge in [-0.2, -0.15) is 4.99 Å². The summed E-state index contributed by atoms with van der Waals surface area (Å²) in [6, 6.07) is 20.2. The summed E-state index contributed by atoms with van der Waals surface area (Å²) >= 11 is 5.02. The molecule has 0 atom stereocenters. The molecule has 4 aromatic rings. The van der Waals surface area contributed by atoms with E-state index in [-0.39, 0.29) is 12.3 Å². The smallest absolute Gasteiger partial charge is 0.252 e. The second-order valence-corrected chi connectivity index (χ2v) is 8.14. The van der Waals surface area contributed by atoms with E-state index in [4.69, 9.17) is 0 Å². The zero-order chi connectivity index (χ0) is 18.8. The number of hydrogen-bond acceptors (Lipinski definition) is 2. The number of allylic oxidation sites excluding steroid dienone is 1. The minimum atomic E-state index is -0.144. The van der Waals surface area contributed by atoms with Gasteiger partial charge in [-0.1, -0.05) is 75.8 Å². The van der Waals surface area contributed by atoms with Gasteiger partial charge in [0.25, 0.3) is 5.91 Å². The number of nitrogens with zero attached hydrogens (tertiary/aromatic N) is 2. The van der Waals surface area contributed by atoms with Gasteiger partial charge < -0.3 is 4.57 Å². The Labute approximate surface area is 169 Å². The first kappa shape index (κ1) is 17.9. The summed E-state index contributed by atoms with van der Waals surface area (Å²) < 4.78 is 4.12. The van der Waals surface area contributed by atoms with E-state index in [9.17, 15) is 4.79 Å². The van der Waals surface area contributed by atoms with Crippen LogP contribution in [0.5, 0.6) is 0 Å². The van der Waals surface area contributed by atoms with Crippen LogP contribution in [0.4, 0.5) is 0 Å². The van der Waals surface area contributed by atoms with Crippen molar-refractivity contribution in [1.82, 2.24) is 4.57 Å². The van der Waals surface area contributed by atoms with Gasteiger partial charge in [0, 0.05) is 11.0 Å². The van der Waals surface area contributed by atoms with E-state index in [1.165, 1.54) is 11.3 Å². The molecule has 0 bridgehead atoms. The quantitative estimate of drug-likeness (QED) is 0.390. The molecule has 3 aromatic carbocycles. The second kappa shape index (κ2) is 7.62. The van der Waals surface area contributed by atoms with Crippen LogP contribution in [0.15, 0.2) is 82.8 Å². The molecule has 4 rings (SSSR count). The Bertz CT molecular complexity index is 1230. The van der Waals surface area contributed by atoms with Crippen molar-refractivity contribution in [2.24, 2.45) is 4.99 Å². The maximum Gasteiger partial charge on any atom is 0.252 e. The predicted molar refractivity (Wildman–Crippen MR) is 116 cm³/mol. The molecule has 0 aliphatic heterocycles. The molecule has 1 amide bonds. The van der Waals surface area contributed by atoms with Crippen molar-refractivity contribution in [2.75, 3.05) is 0 Å². The van der Waals surface area contributed by atoms with Crippen LogP contribution in [-0.2, 0) is 17.8 Å². The molecule has 0 unspecified atom stereocenters. The van der Waals surface area contributed by atoms with Crippen molar-refractivity contribution in [1.29, 1.82) is 0 Å². The molecule has 3 nitrogen and oxygen atoms in total. The molecule has 0 radical (unpaired) electrons.